The second kappa shape index (κ2) is 9.18. The van der Waals surface area contributed by atoms with Crippen LogP contribution in [0.3, 0.4) is 0 Å². The molecule has 0 radical (unpaired) electrons. The molecule has 15 heavy (non-hydrogen) atoms. The highest BCUT2D eigenvalue weighted by Crippen LogP contribution is 1.85. The number of esters is 2. The molecular weight excluding hydrogens is 198 g/mol. The molecule has 0 aromatic heterocycles. The molecule has 0 saturated carbocycles. The monoisotopic (exact) mass is 217 g/mol. The fourth-order valence-electron chi connectivity index (χ4n) is 0.598. The van der Waals surface area contributed by atoms with Crippen LogP contribution in [0.5, 0.6) is 0 Å². The lowest BCUT2D eigenvalue weighted by molar-refractivity contribution is -0.144. The highest BCUT2D eigenvalue weighted by molar-refractivity contribution is 6.21. The van der Waals surface area contributed by atoms with E-state index >= 15 is 0 Å². The molecule has 0 aliphatic heterocycles. The van der Waals surface area contributed by atoms with Crippen molar-refractivity contribution in [3.63, 3.8) is 0 Å². The van der Waals surface area contributed by atoms with Crippen molar-refractivity contribution in [2.75, 3.05) is 0 Å². The molecule has 0 saturated heterocycles. The third-order valence-electron chi connectivity index (χ3n) is 0.871. The number of carbonyl (C=O) groups is 2. The van der Waals surface area contributed by atoms with Crippen molar-refractivity contribution >= 4 is 18.2 Å². The third-order valence-corrected chi connectivity index (χ3v) is 0.871. The Hall–Kier alpha value is -1.39. The molecule has 0 amide bonds. The molecule has 5 heteroatoms. The first-order chi connectivity index (χ1) is 6.79. The predicted octanol–water partition coefficient (Wildman–Crippen LogP) is 1.55. The van der Waals surface area contributed by atoms with Gasteiger partial charge in [0.25, 0.3) is 0 Å². The van der Waals surface area contributed by atoms with E-state index in [9.17, 15) is 9.59 Å². The van der Waals surface area contributed by atoms with Crippen molar-refractivity contribution in [2.24, 2.45) is 0 Å². The zero-order valence-corrected chi connectivity index (χ0v) is 9.87. The topological polar surface area (TPSA) is 76.5 Å². The summed E-state index contributed by atoms with van der Waals surface area (Å²) >= 11 is 0. The van der Waals surface area contributed by atoms with Gasteiger partial charge >= 0.3 is 11.9 Å². The molecule has 88 valence electrons. The largest absolute Gasteiger partial charge is 0.463 e. The maximum Gasteiger partial charge on any atom is 0.348 e. The molecular formula is C10H19NO4. The highest BCUT2D eigenvalue weighted by atomic mass is 16.5. The van der Waals surface area contributed by atoms with E-state index in [-0.39, 0.29) is 18.2 Å². The van der Waals surface area contributed by atoms with Crippen LogP contribution in [0.2, 0.25) is 0 Å². The first kappa shape index (κ1) is 16.1. The first-order valence-electron chi connectivity index (χ1n) is 4.67. The Kier molecular flexibility index (Phi) is 9.82. The van der Waals surface area contributed by atoms with Crippen molar-refractivity contribution < 1.29 is 19.1 Å². The van der Waals surface area contributed by atoms with Gasteiger partial charge in [-0.25, -0.2) is 4.79 Å². The third kappa shape index (κ3) is 19.1. The van der Waals surface area contributed by atoms with Crippen molar-refractivity contribution in [2.45, 2.75) is 46.8 Å². The lowest BCUT2D eigenvalue weighted by Gasteiger charge is -2.01. The number of carbonyl (C=O) groups excluding carboxylic acids is 2. The summed E-state index contributed by atoms with van der Waals surface area (Å²) in [5.74, 6) is -0.796. The molecule has 0 atom stereocenters. The summed E-state index contributed by atoms with van der Waals surface area (Å²) in [5, 5.41) is 6.40. The molecule has 0 unspecified atom stereocenters. The zero-order chi connectivity index (χ0) is 12.4. The quantitative estimate of drug-likeness (QED) is 0.574. The first-order valence-corrected chi connectivity index (χ1v) is 4.67. The van der Waals surface area contributed by atoms with E-state index in [2.05, 4.69) is 9.47 Å². The molecule has 0 bridgehead atoms. The molecule has 0 aliphatic rings. The van der Waals surface area contributed by atoms with Crippen LogP contribution in [0.4, 0.5) is 0 Å². The smallest absolute Gasteiger partial charge is 0.348 e. The Morgan fingerprint density at radius 1 is 1.07 bits per heavy atom. The van der Waals surface area contributed by atoms with E-state index in [1.807, 2.05) is 13.8 Å². The minimum atomic E-state index is -0.583. The molecule has 1 N–H and O–H groups in total. The zero-order valence-electron chi connectivity index (χ0n) is 9.87. The maximum absolute atomic E-state index is 10.2. The number of ether oxygens (including phenoxy) is 2. The molecule has 0 aromatic rings. The summed E-state index contributed by atoms with van der Waals surface area (Å²) < 4.78 is 9.13. The van der Waals surface area contributed by atoms with Gasteiger partial charge in [0.2, 0.25) is 0 Å². The Balaban J connectivity index is 0. The summed E-state index contributed by atoms with van der Waals surface area (Å²) in [7, 11) is 0. The average Bonchev–Trinajstić information content (AvgIpc) is 2.01. The molecule has 0 heterocycles. The highest BCUT2D eigenvalue weighted by Gasteiger charge is 1.97. The number of rotatable bonds is 3. The van der Waals surface area contributed by atoms with Gasteiger partial charge in [0.1, 0.15) is 6.21 Å². The molecule has 0 rings (SSSR count). The van der Waals surface area contributed by atoms with E-state index < -0.39 is 5.97 Å². The van der Waals surface area contributed by atoms with E-state index in [1.165, 1.54) is 6.92 Å². The second-order valence-corrected chi connectivity index (χ2v) is 3.29. The lowest BCUT2D eigenvalue weighted by Crippen LogP contribution is -2.11. The summed E-state index contributed by atoms with van der Waals surface area (Å²) in [5.41, 5.74) is 0. The summed E-state index contributed by atoms with van der Waals surface area (Å²) in [6, 6.07) is 0. The van der Waals surface area contributed by atoms with Crippen LogP contribution >= 0.6 is 0 Å². The van der Waals surface area contributed by atoms with Gasteiger partial charge in [-0.2, -0.15) is 0 Å². The van der Waals surface area contributed by atoms with E-state index in [0.29, 0.717) is 6.21 Å². The van der Waals surface area contributed by atoms with Gasteiger partial charge in [-0.05, 0) is 27.7 Å². The van der Waals surface area contributed by atoms with Gasteiger partial charge in [-0.1, -0.05) is 0 Å². The van der Waals surface area contributed by atoms with E-state index in [1.54, 1.807) is 13.8 Å². The van der Waals surface area contributed by atoms with Crippen LogP contribution in [0.15, 0.2) is 0 Å². The summed E-state index contributed by atoms with van der Waals surface area (Å²) in [6.45, 7) is 8.52. The van der Waals surface area contributed by atoms with Crippen molar-refractivity contribution in [3.05, 3.63) is 0 Å². The molecule has 5 nitrogen and oxygen atoms in total. The van der Waals surface area contributed by atoms with Gasteiger partial charge < -0.3 is 14.9 Å². The SMILES string of the molecule is CC(=O)OC(C)C.CC(C)OC(=O)C=N. The van der Waals surface area contributed by atoms with E-state index in [0.717, 1.165) is 0 Å². The fraction of sp³-hybridized carbons (Fsp3) is 0.700. The van der Waals surface area contributed by atoms with Gasteiger partial charge in [-0.15, -0.1) is 0 Å². The second-order valence-electron chi connectivity index (χ2n) is 3.29. The average molecular weight is 217 g/mol. The summed E-state index contributed by atoms with van der Waals surface area (Å²) in [4.78, 5) is 20.2. The number of nitrogens with one attached hydrogen (secondary N) is 1. The van der Waals surface area contributed by atoms with Gasteiger partial charge in [0, 0.05) is 6.92 Å². The Morgan fingerprint density at radius 2 is 1.47 bits per heavy atom. The van der Waals surface area contributed by atoms with Gasteiger partial charge in [0.05, 0.1) is 12.2 Å². The number of hydrogen-bond donors (Lipinski definition) is 1. The van der Waals surface area contributed by atoms with Gasteiger partial charge in [0.15, 0.2) is 0 Å². The van der Waals surface area contributed by atoms with Crippen LogP contribution in [-0.2, 0) is 19.1 Å². The molecule has 0 aliphatic carbocycles. The normalized spacial score (nSPS) is 9.00. The molecule has 0 spiro atoms. The van der Waals surface area contributed by atoms with Crippen LogP contribution < -0.4 is 0 Å². The van der Waals surface area contributed by atoms with Crippen molar-refractivity contribution in [1.29, 1.82) is 5.41 Å². The van der Waals surface area contributed by atoms with E-state index in [4.69, 9.17) is 5.41 Å². The van der Waals surface area contributed by atoms with Crippen LogP contribution in [-0.4, -0.2) is 30.4 Å². The minimum Gasteiger partial charge on any atom is -0.463 e. The standard InChI is InChI=1S/C5H9NO2.C5H10O2/c1-4(2)8-5(7)3-6;1-4(2)7-5(3)6/h3-4,6H,1-2H3;4H,1-3H3. The predicted molar refractivity (Wildman–Crippen MR) is 56.9 cm³/mol. The Morgan fingerprint density at radius 3 is 1.53 bits per heavy atom. The Labute approximate surface area is 90.3 Å². The Bertz CT molecular complexity index is 211. The van der Waals surface area contributed by atoms with Crippen LogP contribution in [0.25, 0.3) is 0 Å². The lowest BCUT2D eigenvalue weighted by atomic mass is 10.5. The fourth-order valence-corrected chi connectivity index (χ4v) is 0.598. The van der Waals surface area contributed by atoms with Crippen LogP contribution in [0.1, 0.15) is 34.6 Å². The van der Waals surface area contributed by atoms with Gasteiger partial charge in [-0.3, -0.25) is 4.79 Å². The van der Waals surface area contributed by atoms with Crippen molar-refractivity contribution in [3.8, 4) is 0 Å². The summed E-state index contributed by atoms with van der Waals surface area (Å²) in [6.07, 6.45) is 0.557. The molecule has 0 aromatic carbocycles. The molecule has 0 fully saturated rings. The van der Waals surface area contributed by atoms with Crippen LogP contribution in [0, 0.1) is 5.41 Å². The van der Waals surface area contributed by atoms with Crippen molar-refractivity contribution in [1.82, 2.24) is 0 Å². The minimum absolute atomic E-state index is 0.0255. The maximum atomic E-state index is 10.2. The number of hydrogen-bond acceptors (Lipinski definition) is 5.